The summed E-state index contributed by atoms with van der Waals surface area (Å²) in [5, 5.41) is 2.61. The first kappa shape index (κ1) is 23.7. The van der Waals surface area contributed by atoms with Crippen molar-refractivity contribution in [2.45, 2.75) is 26.2 Å². The third-order valence-corrected chi connectivity index (χ3v) is 7.06. The molecule has 2 fully saturated rings. The van der Waals surface area contributed by atoms with Crippen molar-refractivity contribution >= 4 is 58.3 Å². The summed E-state index contributed by atoms with van der Waals surface area (Å²) in [7, 11) is 0. The zero-order valence-corrected chi connectivity index (χ0v) is 20.0. The van der Waals surface area contributed by atoms with Gasteiger partial charge in [-0.05, 0) is 67.6 Å². The maximum absolute atomic E-state index is 13.5. The van der Waals surface area contributed by atoms with Crippen molar-refractivity contribution in [3.8, 4) is 0 Å². The molecule has 2 aliphatic rings. The third-order valence-electron chi connectivity index (χ3n) is 6.26. The second kappa shape index (κ2) is 9.45. The molecule has 2 aromatic carbocycles. The van der Waals surface area contributed by atoms with Gasteiger partial charge in [0.05, 0.1) is 22.4 Å². The topological polar surface area (TPSA) is 74.8 Å². The quantitative estimate of drug-likeness (QED) is 0.406. The molecule has 4 rings (SSSR count). The number of hydrazine groups is 1. The Labute approximate surface area is 206 Å². The van der Waals surface area contributed by atoms with E-state index in [1.54, 1.807) is 12.1 Å². The van der Waals surface area contributed by atoms with Gasteiger partial charge >= 0.3 is 0 Å². The lowest BCUT2D eigenvalue weighted by molar-refractivity contribution is -0.154. The van der Waals surface area contributed by atoms with Gasteiger partial charge in [0.1, 0.15) is 6.54 Å². The molecule has 9 heteroatoms. The van der Waals surface area contributed by atoms with Crippen LogP contribution >= 0.6 is 34.8 Å². The summed E-state index contributed by atoms with van der Waals surface area (Å²) < 4.78 is 0. The smallest absolute Gasteiger partial charge is 0.274 e. The summed E-state index contributed by atoms with van der Waals surface area (Å²) in [5.41, 5.74) is 0.332. The Kier molecular flexibility index (Phi) is 6.80. The molecule has 0 radical (unpaired) electrons. The van der Waals surface area contributed by atoms with Crippen LogP contribution in [0.2, 0.25) is 15.1 Å². The normalized spacial score (nSPS) is 22.3. The highest BCUT2D eigenvalue weighted by Gasteiger charge is 2.53. The van der Waals surface area contributed by atoms with E-state index >= 15 is 0 Å². The summed E-state index contributed by atoms with van der Waals surface area (Å²) in [6.07, 6.45) is 1.97. The van der Waals surface area contributed by atoms with Gasteiger partial charge in [-0.2, -0.15) is 5.01 Å². The Morgan fingerprint density at radius 3 is 2.24 bits per heavy atom. The lowest BCUT2D eigenvalue weighted by Gasteiger charge is -2.30. The van der Waals surface area contributed by atoms with Crippen LogP contribution < -0.4 is 0 Å². The molecule has 6 nitrogen and oxygen atoms in total. The molecule has 0 unspecified atom stereocenters. The van der Waals surface area contributed by atoms with Crippen LogP contribution in [0.3, 0.4) is 0 Å². The maximum atomic E-state index is 13.5. The minimum absolute atomic E-state index is 0.0359. The number of amides is 3. The summed E-state index contributed by atoms with van der Waals surface area (Å²) in [5.74, 6) is -2.79. The third kappa shape index (κ3) is 4.65. The number of Topliss-reactive ketones (excluding diaryl/α,β-unsaturated/α-hetero) is 1. The summed E-state index contributed by atoms with van der Waals surface area (Å²) in [6, 6.07) is 10.4. The van der Waals surface area contributed by atoms with E-state index in [9.17, 15) is 19.2 Å². The van der Waals surface area contributed by atoms with E-state index in [0.717, 1.165) is 16.4 Å². The van der Waals surface area contributed by atoms with E-state index < -0.39 is 41.9 Å². The van der Waals surface area contributed by atoms with Crippen molar-refractivity contribution in [1.82, 2.24) is 10.0 Å². The highest BCUT2D eigenvalue weighted by atomic mass is 35.5. The van der Waals surface area contributed by atoms with Gasteiger partial charge < -0.3 is 0 Å². The van der Waals surface area contributed by atoms with Crippen LogP contribution in [-0.4, -0.2) is 40.1 Å². The largest absolute Gasteiger partial charge is 0.292 e. The Morgan fingerprint density at radius 1 is 0.939 bits per heavy atom. The first-order valence-electron chi connectivity index (χ1n) is 10.6. The van der Waals surface area contributed by atoms with E-state index in [1.165, 1.54) is 30.3 Å². The average Bonchev–Trinajstić information content (AvgIpc) is 3.01. The Bertz CT molecular complexity index is 1140. The number of imide groups is 1. The molecule has 3 atom stereocenters. The van der Waals surface area contributed by atoms with Crippen LogP contribution in [0.5, 0.6) is 0 Å². The average molecular weight is 508 g/mol. The van der Waals surface area contributed by atoms with Gasteiger partial charge in [0.25, 0.3) is 17.7 Å². The lowest BCUT2D eigenvalue weighted by atomic mass is 9.76. The first-order valence-corrected chi connectivity index (χ1v) is 11.7. The molecule has 2 aromatic rings. The summed E-state index contributed by atoms with van der Waals surface area (Å²) >= 11 is 18.1. The molecule has 0 aromatic heterocycles. The molecule has 1 aliphatic heterocycles. The highest BCUT2D eigenvalue weighted by molar-refractivity contribution is 6.36. The number of hydrogen-bond acceptors (Lipinski definition) is 4. The molecular weight excluding hydrogens is 487 g/mol. The van der Waals surface area contributed by atoms with Crippen molar-refractivity contribution in [3.05, 3.63) is 68.7 Å². The van der Waals surface area contributed by atoms with Gasteiger partial charge in [0, 0.05) is 15.6 Å². The number of ketones is 1. The van der Waals surface area contributed by atoms with Crippen LogP contribution in [-0.2, 0) is 9.59 Å². The standard InChI is InChI=1S/C24H21Cl3N2O4/c1-13-2-8-17-19(10-13)24(33)29(23(17)32)28(12-21(30)14-3-5-15(25)6-4-14)22(31)18-9-7-16(26)11-20(18)27/h3-7,9,11,13,17,19H,2,8,10,12H2,1H3/t13-,17+,19+/m1/s1. The molecule has 0 bridgehead atoms. The number of carbonyl (C=O) groups is 4. The van der Waals surface area contributed by atoms with Gasteiger partial charge in [0.2, 0.25) is 0 Å². The van der Waals surface area contributed by atoms with Crippen molar-refractivity contribution in [3.63, 3.8) is 0 Å². The monoisotopic (exact) mass is 506 g/mol. The number of benzene rings is 2. The second-order valence-corrected chi connectivity index (χ2v) is 9.82. The number of nitrogens with zero attached hydrogens (tertiary/aromatic N) is 2. The lowest BCUT2D eigenvalue weighted by Crippen LogP contribution is -2.52. The van der Waals surface area contributed by atoms with Crippen LogP contribution in [0.15, 0.2) is 42.5 Å². The fraction of sp³-hybridized carbons (Fsp3) is 0.333. The number of carbonyl (C=O) groups excluding carboxylic acids is 4. The van der Waals surface area contributed by atoms with Crippen molar-refractivity contribution in [1.29, 1.82) is 0 Å². The van der Waals surface area contributed by atoms with Gasteiger partial charge in [-0.3, -0.25) is 19.2 Å². The van der Waals surface area contributed by atoms with Gasteiger partial charge in [0.15, 0.2) is 5.78 Å². The maximum Gasteiger partial charge on any atom is 0.274 e. The molecule has 1 heterocycles. The van der Waals surface area contributed by atoms with Gasteiger partial charge in [-0.25, -0.2) is 5.01 Å². The van der Waals surface area contributed by atoms with E-state index in [2.05, 4.69) is 0 Å². The van der Waals surface area contributed by atoms with Gasteiger partial charge in [-0.15, -0.1) is 0 Å². The van der Waals surface area contributed by atoms with Crippen LogP contribution in [0, 0.1) is 17.8 Å². The number of hydrogen-bond donors (Lipinski definition) is 0. The molecule has 3 amide bonds. The minimum atomic E-state index is -0.729. The van der Waals surface area contributed by atoms with Crippen molar-refractivity contribution < 1.29 is 19.2 Å². The fourth-order valence-electron chi connectivity index (χ4n) is 4.51. The molecule has 0 spiro atoms. The number of fused-ring (bicyclic) bond motifs is 1. The van der Waals surface area contributed by atoms with E-state index in [0.29, 0.717) is 34.4 Å². The predicted octanol–water partition coefficient (Wildman–Crippen LogP) is 5.31. The van der Waals surface area contributed by atoms with Crippen molar-refractivity contribution in [2.24, 2.45) is 17.8 Å². The fourth-order valence-corrected chi connectivity index (χ4v) is 5.12. The minimum Gasteiger partial charge on any atom is -0.292 e. The summed E-state index contributed by atoms with van der Waals surface area (Å²) in [4.78, 5) is 53.1. The molecule has 1 aliphatic carbocycles. The number of halogens is 3. The molecule has 0 N–H and O–H groups in total. The zero-order valence-electron chi connectivity index (χ0n) is 17.8. The Morgan fingerprint density at radius 2 is 1.58 bits per heavy atom. The van der Waals surface area contributed by atoms with E-state index in [4.69, 9.17) is 34.8 Å². The predicted molar refractivity (Wildman–Crippen MR) is 125 cm³/mol. The SMILES string of the molecule is C[C@@H]1CC[C@@H]2C(=O)N(N(CC(=O)c3ccc(Cl)cc3)C(=O)c3ccc(Cl)cc3Cl)C(=O)[C@H]2C1. The van der Waals surface area contributed by atoms with Crippen LogP contribution in [0.4, 0.5) is 0 Å². The second-order valence-electron chi connectivity index (χ2n) is 8.54. The van der Waals surface area contributed by atoms with Crippen molar-refractivity contribution in [2.75, 3.05) is 6.54 Å². The van der Waals surface area contributed by atoms with Gasteiger partial charge in [-0.1, -0.05) is 41.7 Å². The number of rotatable bonds is 5. The summed E-state index contributed by atoms with van der Waals surface area (Å²) in [6.45, 7) is 1.53. The van der Waals surface area contributed by atoms with E-state index in [-0.39, 0.29) is 10.6 Å². The zero-order chi connectivity index (χ0) is 23.9. The molecule has 172 valence electrons. The first-order chi connectivity index (χ1) is 15.7. The molecule has 33 heavy (non-hydrogen) atoms. The van der Waals surface area contributed by atoms with Crippen LogP contribution in [0.25, 0.3) is 0 Å². The Balaban J connectivity index is 1.71. The van der Waals surface area contributed by atoms with E-state index in [1.807, 2.05) is 6.92 Å². The van der Waals surface area contributed by atoms with Crippen LogP contribution in [0.1, 0.15) is 46.9 Å². The highest BCUT2D eigenvalue weighted by Crippen LogP contribution is 2.41. The molecule has 1 saturated heterocycles. The molecular formula is C24H21Cl3N2O4. The molecule has 1 saturated carbocycles. The Hall–Kier alpha value is -2.41.